The molecule has 0 saturated carbocycles. The highest BCUT2D eigenvalue weighted by Crippen LogP contribution is 2.14. The number of halogens is 1. The zero-order valence-electron chi connectivity index (χ0n) is 12.2. The Kier molecular flexibility index (Phi) is 5.32. The van der Waals surface area contributed by atoms with E-state index in [1.165, 1.54) is 5.56 Å². The van der Waals surface area contributed by atoms with Crippen LogP contribution in [0.15, 0.2) is 54.6 Å². The van der Waals surface area contributed by atoms with E-state index in [2.05, 4.69) is 11.0 Å². The maximum absolute atomic E-state index is 12.1. The first kappa shape index (κ1) is 15.5. The zero-order valence-corrected chi connectivity index (χ0v) is 13.0. The second-order valence-electron chi connectivity index (χ2n) is 5.14. The Hall–Kier alpha value is -1.90. The number of ketones is 1. The summed E-state index contributed by atoms with van der Waals surface area (Å²) in [7, 11) is 4.05. The maximum Gasteiger partial charge on any atom is 0.185 e. The standard InChI is InChI=1S/C18H18ClNO/c1-20(2)13-16-6-4-3-5-14(16)9-12-18(21)15-7-10-17(19)11-8-15/h3-12H,13H2,1-2H3/b12-9+. The Morgan fingerprint density at radius 3 is 2.43 bits per heavy atom. The number of allylic oxidation sites excluding steroid dienone is 1. The number of carbonyl (C=O) groups is 1. The molecule has 0 amide bonds. The summed E-state index contributed by atoms with van der Waals surface area (Å²) in [5.41, 5.74) is 2.90. The first-order valence-electron chi connectivity index (χ1n) is 6.77. The third-order valence-corrected chi connectivity index (χ3v) is 3.34. The van der Waals surface area contributed by atoms with E-state index in [4.69, 9.17) is 11.6 Å². The SMILES string of the molecule is CN(C)Cc1ccccc1/C=C/C(=O)c1ccc(Cl)cc1. The highest BCUT2D eigenvalue weighted by molar-refractivity contribution is 6.30. The van der Waals surface area contributed by atoms with Crippen molar-refractivity contribution >= 4 is 23.5 Å². The minimum absolute atomic E-state index is 0.0219. The second kappa shape index (κ2) is 7.21. The van der Waals surface area contributed by atoms with E-state index in [1.807, 2.05) is 38.4 Å². The fourth-order valence-electron chi connectivity index (χ4n) is 2.06. The van der Waals surface area contributed by atoms with Gasteiger partial charge in [-0.15, -0.1) is 0 Å². The van der Waals surface area contributed by atoms with Gasteiger partial charge in [-0.2, -0.15) is 0 Å². The molecule has 2 aromatic rings. The van der Waals surface area contributed by atoms with Gasteiger partial charge in [0.15, 0.2) is 5.78 Å². The summed E-state index contributed by atoms with van der Waals surface area (Å²) in [4.78, 5) is 14.2. The lowest BCUT2D eigenvalue weighted by molar-refractivity contribution is 0.104. The van der Waals surface area contributed by atoms with Crippen molar-refractivity contribution < 1.29 is 4.79 Å². The Labute approximate surface area is 130 Å². The fraction of sp³-hybridized carbons (Fsp3) is 0.167. The minimum Gasteiger partial charge on any atom is -0.305 e. The van der Waals surface area contributed by atoms with Crippen LogP contribution in [0.2, 0.25) is 5.02 Å². The van der Waals surface area contributed by atoms with Crippen molar-refractivity contribution in [2.24, 2.45) is 0 Å². The van der Waals surface area contributed by atoms with Crippen molar-refractivity contribution in [2.75, 3.05) is 14.1 Å². The van der Waals surface area contributed by atoms with Gasteiger partial charge in [0.1, 0.15) is 0 Å². The summed E-state index contributed by atoms with van der Waals surface area (Å²) >= 11 is 5.82. The summed E-state index contributed by atoms with van der Waals surface area (Å²) in [6.07, 6.45) is 3.48. The van der Waals surface area contributed by atoms with E-state index in [0.717, 1.165) is 12.1 Å². The molecule has 0 aliphatic heterocycles. The molecule has 0 saturated heterocycles. The number of rotatable bonds is 5. The van der Waals surface area contributed by atoms with Crippen LogP contribution in [0.5, 0.6) is 0 Å². The molecular weight excluding hydrogens is 282 g/mol. The van der Waals surface area contributed by atoms with E-state index in [1.54, 1.807) is 30.3 Å². The lowest BCUT2D eigenvalue weighted by atomic mass is 10.0. The lowest BCUT2D eigenvalue weighted by Crippen LogP contribution is -2.11. The van der Waals surface area contributed by atoms with E-state index < -0.39 is 0 Å². The van der Waals surface area contributed by atoms with Gasteiger partial charge in [-0.25, -0.2) is 0 Å². The van der Waals surface area contributed by atoms with Gasteiger partial charge in [0.2, 0.25) is 0 Å². The molecule has 0 aliphatic carbocycles. The van der Waals surface area contributed by atoms with Crippen LogP contribution in [0.4, 0.5) is 0 Å². The smallest absolute Gasteiger partial charge is 0.185 e. The Balaban J connectivity index is 2.17. The quantitative estimate of drug-likeness (QED) is 0.606. The minimum atomic E-state index is -0.0219. The maximum atomic E-state index is 12.1. The number of hydrogen-bond acceptors (Lipinski definition) is 2. The van der Waals surface area contributed by atoms with E-state index in [9.17, 15) is 4.79 Å². The molecule has 0 N–H and O–H groups in total. The molecule has 108 valence electrons. The van der Waals surface area contributed by atoms with Crippen LogP contribution in [0.1, 0.15) is 21.5 Å². The summed E-state index contributed by atoms with van der Waals surface area (Å²) in [6, 6.07) is 15.0. The molecule has 21 heavy (non-hydrogen) atoms. The van der Waals surface area contributed by atoms with Crippen molar-refractivity contribution in [2.45, 2.75) is 6.54 Å². The number of hydrogen-bond donors (Lipinski definition) is 0. The van der Waals surface area contributed by atoms with Gasteiger partial charge in [-0.3, -0.25) is 4.79 Å². The topological polar surface area (TPSA) is 20.3 Å². The molecule has 2 aromatic carbocycles. The third kappa shape index (κ3) is 4.55. The van der Waals surface area contributed by atoms with Gasteiger partial charge in [-0.05, 0) is 55.6 Å². The average molecular weight is 300 g/mol. The van der Waals surface area contributed by atoms with Gasteiger partial charge < -0.3 is 4.90 Å². The van der Waals surface area contributed by atoms with Crippen molar-refractivity contribution in [3.8, 4) is 0 Å². The predicted octanol–water partition coefficient (Wildman–Crippen LogP) is 4.30. The van der Waals surface area contributed by atoms with Gasteiger partial charge in [-0.1, -0.05) is 41.9 Å². The summed E-state index contributed by atoms with van der Waals surface area (Å²) in [5.74, 6) is -0.0219. The van der Waals surface area contributed by atoms with Gasteiger partial charge in [0.25, 0.3) is 0 Å². The molecule has 2 rings (SSSR count). The second-order valence-corrected chi connectivity index (χ2v) is 5.58. The molecule has 0 heterocycles. The van der Waals surface area contributed by atoms with Gasteiger partial charge in [0.05, 0.1) is 0 Å². The van der Waals surface area contributed by atoms with Crippen molar-refractivity contribution in [3.63, 3.8) is 0 Å². The summed E-state index contributed by atoms with van der Waals surface area (Å²) in [6.45, 7) is 0.843. The highest BCUT2D eigenvalue weighted by Gasteiger charge is 2.03. The molecule has 0 radical (unpaired) electrons. The van der Waals surface area contributed by atoms with Gasteiger partial charge in [0, 0.05) is 17.1 Å². The summed E-state index contributed by atoms with van der Waals surface area (Å²) < 4.78 is 0. The van der Waals surface area contributed by atoms with Crippen molar-refractivity contribution in [1.29, 1.82) is 0 Å². The van der Waals surface area contributed by atoms with E-state index in [0.29, 0.717) is 10.6 Å². The molecular formula is C18H18ClNO. The third-order valence-electron chi connectivity index (χ3n) is 3.08. The Morgan fingerprint density at radius 2 is 1.76 bits per heavy atom. The Morgan fingerprint density at radius 1 is 1.10 bits per heavy atom. The molecule has 0 aromatic heterocycles. The number of nitrogens with zero attached hydrogens (tertiary/aromatic N) is 1. The lowest BCUT2D eigenvalue weighted by Gasteiger charge is -2.11. The van der Waals surface area contributed by atoms with Crippen LogP contribution in [0.25, 0.3) is 6.08 Å². The molecule has 0 unspecified atom stereocenters. The normalized spacial score (nSPS) is 11.2. The van der Waals surface area contributed by atoms with Crippen LogP contribution < -0.4 is 0 Å². The van der Waals surface area contributed by atoms with E-state index >= 15 is 0 Å². The molecule has 0 fully saturated rings. The highest BCUT2D eigenvalue weighted by atomic mass is 35.5. The van der Waals surface area contributed by atoms with Crippen LogP contribution in [-0.2, 0) is 6.54 Å². The summed E-state index contributed by atoms with van der Waals surface area (Å²) in [5, 5.41) is 0.631. The molecule has 0 bridgehead atoms. The van der Waals surface area contributed by atoms with E-state index in [-0.39, 0.29) is 5.78 Å². The number of benzene rings is 2. The zero-order chi connectivity index (χ0) is 15.2. The molecule has 0 aliphatic rings. The molecule has 3 heteroatoms. The first-order chi connectivity index (χ1) is 10.1. The van der Waals surface area contributed by atoms with Gasteiger partial charge >= 0.3 is 0 Å². The van der Waals surface area contributed by atoms with Crippen LogP contribution in [0.3, 0.4) is 0 Å². The van der Waals surface area contributed by atoms with Crippen molar-refractivity contribution in [1.82, 2.24) is 4.90 Å². The first-order valence-corrected chi connectivity index (χ1v) is 7.14. The average Bonchev–Trinajstić information content (AvgIpc) is 2.46. The molecule has 0 atom stereocenters. The number of carbonyl (C=O) groups excluding carboxylic acids is 1. The Bertz CT molecular complexity index is 645. The van der Waals surface area contributed by atoms with Crippen molar-refractivity contribution in [3.05, 3.63) is 76.3 Å². The van der Waals surface area contributed by atoms with Crippen LogP contribution in [-0.4, -0.2) is 24.8 Å². The van der Waals surface area contributed by atoms with Crippen LogP contribution in [0, 0.1) is 0 Å². The predicted molar refractivity (Wildman–Crippen MR) is 88.6 cm³/mol. The largest absolute Gasteiger partial charge is 0.305 e. The molecule has 0 spiro atoms. The molecule has 2 nitrogen and oxygen atoms in total. The monoisotopic (exact) mass is 299 g/mol. The fourth-order valence-corrected chi connectivity index (χ4v) is 2.18. The van der Waals surface area contributed by atoms with Crippen LogP contribution >= 0.6 is 11.6 Å².